The van der Waals surface area contributed by atoms with Gasteiger partial charge in [0.1, 0.15) is 0 Å². The van der Waals surface area contributed by atoms with Gasteiger partial charge in [0, 0.05) is 32.0 Å². The largest absolute Gasteiger partial charge is 0.481 e. The molecule has 2 aromatic rings. The number of aromatic nitrogens is 1. The molecule has 0 amide bonds. The van der Waals surface area contributed by atoms with E-state index in [1.807, 2.05) is 30.3 Å². The van der Waals surface area contributed by atoms with Crippen LogP contribution in [0.25, 0.3) is 0 Å². The zero-order valence-electron chi connectivity index (χ0n) is 16.9. The Morgan fingerprint density at radius 2 is 1.93 bits per heavy atom. The van der Waals surface area contributed by atoms with E-state index in [9.17, 15) is 0 Å². The first kappa shape index (κ1) is 24.2. The minimum Gasteiger partial charge on any atom is -0.481 e. The molecule has 1 aromatic heterocycles. The number of ether oxygens (including phenoxy) is 2. The van der Waals surface area contributed by atoms with E-state index in [0.29, 0.717) is 19.0 Å². The van der Waals surface area contributed by atoms with E-state index in [-0.39, 0.29) is 30.1 Å². The lowest BCUT2D eigenvalue weighted by molar-refractivity contribution is 0.0646. The quantitative estimate of drug-likeness (QED) is 0.225. The molecule has 0 aliphatic heterocycles. The normalized spacial score (nSPS) is 12.0. The summed E-state index contributed by atoms with van der Waals surface area (Å²) in [5, 5.41) is 6.59. The van der Waals surface area contributed by atoms with Crippen LogP contribution in [0.5, 0.6) is 5.88 Å². The topological polar surface area (TPSA) is 67.8 Å². The number of nitrogens with one attached hydrogen (secondary N) is 2. The van der Waals surface area contributed by atoms with Crippen molar-refractivity contribution in [2.24, 2.45) is 4.99 Å². The number of guanidine groups is 1. The Labute approximate surface area is 185 Å². The van der Waals surface area contributed by atoms with Crippen molar-refractivity contribution in [1.82, 2.24) is 15.6 Å². The summed E-state index contributed by atoms with van der Waals surface area (Å²) in [6.07, 6.45) is 2.80. The molecule has 2 N–H and O–H groups in total. The summed E-state index contributed by atoms with van der Waals surface area (Å²) in [5.74, 6) is 1.40. The third kappa shape index (κ3) is 8.88. The minimum atomic E-state index is 0. The van der Waals surface area contributed by atoms with Crippen LogP contribution in [0, 0.1) is 0 Å². The first-order chi connectivity index (χ1) is 13.2. The Balaban J connectivity index is 0.00000392. The third-order valence-electron chi connectivity index (χ3n) is 4.02. The van der Waals surface area contributed by atoms with Crippen molar-refractivity contribution in [3.05, 3.63) is 59.8 Å². The Hall–Kier alpha value is -1.87. The van der Waals surface area contributed by atoms with Crippen molar-refractivity contribution in [3.8, 4) is 5.88 Å². The first-order valence-electron chi connectivity index (χ1n) is 9.40. The Bertz CT molecular complexity index is 681. The van der Waals surface area contributed by atoms with Gasteiger partial charge in [-0.05, 0) is 31.4 Å². The highest BCUT2D eigenvalue weighted by molar-refractivity contribution is 14.0. The molecule has 7 heteroatoms. The molecule has 2 rings (SSSR count). The van der Waals surface area contributed by atoms with Crippen LogP contribution in [0.3, 0.4) is 0 Å². The van der Waals surface area contributed by atoms with Crippen LogP contribution in [0.1, 0.15) is 37.5 Å². The molecule has 1 aromatic carbocycles. The molecule has 0 spiro atoms. The zero-order valence-corrected chi connectivity index (χ0v) is 19.2. The maximum absolute atomic E-state index is 5.90. The Kier molecular flexibility index (Phi) is 12.2. The van der Waals surface area contributed by atoms with E-state index in [2.05, 4.69) is 46.6 Å². The smallest absolute Gasteiger partial charge is 0.212 e. The number of nitrogens with zero attached hydrogens (tertiary/aromatic N) is 2. The van der Waals surface area contributed by atoms with Crippen LogP contribution >= 0.6 is 24.0 Å². The Morgan fingerprint density at radius 3 is 2.57 bits per heavy atom. The molecule has 0 fully saturated rings. The van der Waals surface area contributed by atoms with Crippen molar-refractivity contribution in [3.63, 3.8) is 0 Å². The summed E-state index contributed by atoms with van der Waals surface area (Å²) in [4.78, 5) is 8.79. The number of aliphatic imine (C=N–C) groups is 1. The van der Waals surface area contributed by atoms with Gasteiger partial charge < -0.3 is 20.1 Å². The van der Waals surface area contributed by atoms with Gasteiger partial charge in [0.2, 0.25) is 5.88 Å². The lowest BCUT2D eigenvalue weighted by Gasteiger charge is -2.14. The van der Waals surface area contributed by atoms with Crippen LogP contribution < -0.4 is 15.4 Å². The minimum absolute atomic E-state index is 0. The second-order valence-corrected chi connectivity index (χ2v) is 6.11. The monoisotopic (exact) mass is 498 g/mol. The zero-order chi connectivity index (χ0) is 19.3. The van der Waals surface area contributed by atoms with Gasteiger partial charge >= 0.3 is 0 Å². The van der Waals surface area contributed by atoms with Crippen molar-refractivity contribution in [2.45, 2.75) is 32.9 Å². The number of methoxy groups -OCH3 is 1. The van der Waals surface area contributed by atoms with E-state index in [0.717, 1.165) is 31.0 Å². The maximum atomic E-state index is 5.90. The van der Waals surface area contributed by atoms with Crippen LogP contribution in [0.15, 0.2) is 53.7 Å². The molecular weight excluding hydrogens is 467 g/mol. The van der Waals surface area contributed by atoms with E-state index in [4.69, 9.17) is 9.47 Å². The first-order valence-corrected chi connectivity index (χ1v) is 9.40. The third-order valence-corrected chi connectivity index (χ3v) is 4.02. The summed E-state index contributed by atoms with van der Waals surface area (Å²) < 4.78 is 11.0. The predicted molar refractivity (Wildman–Crippen MR) is 124 cm³/mol. The summed E-state index contributed by atoms with van der Waals surface area (Å²) in [5.41, 5.74) is 2.24. The molecule has 6 nitrogen and oxygen atoms in total. The Morgan fingerprint density at radius 1 is 1.14 bits per heavy atom. The van der Waals surface area contributed by atoms with Crippen molar-refractivity contribution in [2.75, 3.05) is 26.8 Å². The van der Waals surface area contributed by atoms with Gasteiger partial charge in [0.15, 0.2) is 5.96 Å². The molecule has 0 aliphatic carbocycles. The number of benzene rings is 1. The standard InChI is InChI=1S/C21H30N4O2.HI/c1-4-22-21(25-16-18-11-12-20(26-3)24-15-18)23-13-8-14-27-17(2)19-9-6-5-7-10-19;/h5-7,9-12,15,17H,4,8,13-14,16H2,1-3H3,(H2,22,23,25);1H. The molecule has 0 radical (unpaired) electrons. The summed E-state index contributed by atoms with van der Waals surface area (Å²) in [6, 6.07) is 14.1. The van der Waals surface area contributed by atoms with Gasteiger partial charge in [0.05, 0.1) is 19.8 Å². The van der Waals surface area contributed by atoms with Crippen molar-refractivity contribution >= 4 is 29.9 Å². The molecule has 0 bridgehead atoms. The van der Waals surface area contributed by atoms with Gasteiger partial charge in [-0.1, -0.05) is 36.4 Å². The van der Waals surface area contributed by atoms with Gasteiger partial charge in [-0.15, -0.1) is 24.0 Å². The number of hydrogen-bond acceptors (Lipinski definition) is 4. The molecular formula is C21H31IN4O2. The number of halogens is 1. The van der Waals surface area contributed by atoms with Crippen molar-refractivity contribution < 1.29 is 9.47 Å². The second-order valence-electron chi connectivity index (χ2n) is 6.11. The van der Waals surface area contributed by atoms with Gasteiger partial charge in [-0.25, -0.2) is 9.98 Å². The molecule has 154 valence electrons. The molecule has 0 aliphatic rings. The average Bonchev–Trinajstić information content (AvgIpc) is 2.72. The summed E-state index contributed by atoms with van der Waals surface area (Å²) in [6.45, 7) is 7.01. The van der Waals surface area contributed by atoms with Crippen molar-refractivity contribution in [1.29, 1.82) is 0 Å². The van der Waals surface area contributed by atoms with E-state index >= 15 is 0 Å². The van der Waals surface area contributed by atoms with Crippen LogP contribution in [0.2, 0.25) is 0 Å². The average molecular weight is 498 g/mol. The van der Waals surface area contributed by atoms with E-state index in [1.54, 1.807) is 13.3 Å². The number of pyridine rings is 1. The second kappa shape index (κ2) is 14.2. The highest BCUT2D eigenvalue weighted by Gasteiger charge is 2.04. The molecule has 28 heavy (non-hydrogen) atoms. The highest BCUT2D eigenvalue weighted by atomic mass is 127. The van der Waals surface area contributed by atoms with Crippen LogP contribution in [-0.2, 0) is 11.3 Å². The fourth-order valence-corrected chi connectivity index (χ4v) is 2.50. The van der Waals surface area contributed by atoms with E-state index < -0.39 is 0 Å². The SMILES string of the molecule is CCNC(=NCc1ccc(OC)nc1)NCCCOC(C)c1ccccc1.I. The lowest BCUT2D eigenvalue weighted by atomic mass is 10.1. The molecule has 0 saturated heterocycles. The number of hydrogen-bond donors (Lipinski definition) is 2. The maximum Gasteiger partial charge on any atom is 0.212 e. The van der Waals surface area contributed by atoms with Crippen LogP contribution in [0.4, 0.5) is 0 Å². The molecule has 1 atom stereocenters. The summed E-state index contributed by atoms with van der Waals surface area (Å²) in [7, 11) is 1.61. The molecule has 0 saturated carbocycles. The fourth-order valence-electron chi connectivity index (χ4n) is 2.50. The molecule has 1 heterocycles. The number of rotatable bonds is 10. The van der Waals surface area contributed by atoms with E-state index in [1.165, 1.54) is 5.56 Å². The lowest BCUT2D eigenvalue weighted by Crippen LogP contribution is -2.38. The van der Waals surface area contributed by atoms with Gasteiger partial charge in [-0.2, -0.15) is 0 Å². The van der Waals surface area contributed by atoms with Gasteiger partial charge in [-0.3, -0.25) is 0 Å². The predicted octanol–water partition coefficient (Wildman–Crippen LogP) is 3.93. The molecule has 1 unspecified atom stereocenters. The fraction of sp³-hybridized carbons (Fsp3) is 0.429. The summed E-state index contributed by atoms with van der Waals surface area (Å²) >= 11 is 0. The van der Waals surface area contributed by atoms with Gasteiger partial charge in [0.25, 0.3) is 0 Å². The van der Waals surface area contributed by atoms with Crippen LogP contribution in [-0.4, -0.2) is 37.7 Å². The highest BCUT2D eigenvalue weighted by Crippen LogP contribution is 2.15.